The monoisotopic (exact) mass is 210 g/mol. The van der Waals surface area contributed by atoms with Crippen LogP contribution in [0.2, 0.25) is 0 Å². The molecule has 1 heterocycles. The summed E-state index contributed by atoms with van der Waals surface area (Å²) in [5.41, 5.74) is 0.0456. The fourth-order valence-electron chi connectivity index (χ4n) is 1.77. The Morgan fingerprint density at radius 3 is 2.64 bits per heavy atom. The van der Waals surface area contributed by atoms with Gasteiger partial charge in [-0.3, -0.25) is 0 Å². The lowest BCUT2D eigenvalue weighted by molar-refractivity contribution is 0.254. The molecule has 1 saturated carbocycles. The molecule has 0 aromatic carbocycles. The van der Waals surface area contributed by atoms with Crippen LogP contribution in [-0.2, 0) is 5.54 Å². The van der Waals surface area contributed by atoms with E-state index in [0.717, 1.165) is 0 Å². The van der Waals surface area contributed by atoms with Crippen molar-refractivity contribution < 1.29 is 0 Å². The highest BCUT2D eigenvalue weighted by molar-refractivity contribution is 7.11. The first kappa shape index (κ1) is 10.1. The molecule has 0 bridgehead atoms. The standard InChI is InChI=1S/C11H18N2S/c1-8-7-12-10(14-8)11(2,3)13-9-5-4-6-9/h7,9,13H,4-6H2,1-3H3. The summed E-state index contributed by atoms with van der Waals surface area (Å²) in [6.07, 6.45) is 6.00. The molecule has 78 valence electrons. The Balaban J connectivity index is 2.06. The van der Waals surface area contributed by atoms with Gasteiger partial charge in [0.1, 0.15) is 5.01 Å². The van der Waals surface area contributed by atoms with Gasteiger partial charge < -0.3 is 5.32 Å². The van der Waals surface area contributed by atoms with Gasteiger partial charge in [0, 0.05) is 17.1 Å². The molecule has 0 atom stereocenters. The summed E-state index contributed by atoms with van der Waals surface area (Å²) in [4.78, 5) is 5.75. The average Bonchev–Trinajstić information content (AvgIpc) is 2.45. The van der Waals surface area contributed by atoms with Gasteiger partial charge in [-0.1, -0.05) is 6.42 Å². The third-order valence-electron chi connectivity index (χ3n) is 2.83. The fraction of sp³-hybridized carbons (Fsp3) is 0.727. The minimum absolute atomic E-state index is 0.0456. The van der Waals surface area contributed by atoms with E-state index in [2.05, 4.69) is 31.1 Å². The predicted octanol–water partition coefficient (Wildman–Crippen LogP) is 2.83. The molecule has 0 amide bonds. The number of aromatic nitrogens is 1. The Hall–Kier alpha value is -0.410. The van der Waals surface area contributed by atoms with Crippen LogP contribution in [0.5, 0.6) is 0 Å². The van der Waals surface area contributed by atoms with Crippen molar-refractivity contribution in [1.82, 2.24) is 10.3 Å². The maximum Gasteiger partial charge on any atom is 0.112 e. The van der Waals surface area contributed by atoms with E-state index in [9.17, 15) is 0 Å². The number of hydrogen-bond acceptors (Lipinski definition) is 3. The quantitative estimate of drug-likeness (QED) is 0.830. The number of rotatable bonds is 3. The van der Waals surface area contributed by atoms with Crippen molar-refractivity contribution >= 4 is 11.3 Å². The van der Waals surface area contributed by atoms with Gasteiger partial charge in [0.25, 0.3) is 0 Å². The maximum atomic E-state index is 4.45. The molecule has 0 radical (unpaired) electrons. The first-order valence-corrected chi connectivity index (χ1v) is 6.10. The number of aryl methyl sites for hydroxylation is 1. The topological polar surface area (TPSA) is 24.9 Å². The normalized spacial score (nSPS) is 18.2. The molecule has 1 fully saturated rings. The van der Waals surface area contributed by atoms with Crippen molar-refractivity contribution in [1.29, 1.82) is 0 Å². The largest absolute Gasteiger partial charge is 0.303 e. The van der Waals surface area contributed by atoms with Crippen LogP contribution >= 0.6 is 11.3 Å². The van der Waals surface area contributed by atoms with Gasteiger partial charge in [-0.15, -0.1) is 11.3 Å². The molecule has 3 heteroatoms. The van der Waals surface area contributed by atoms with Crippen LogP contribution in [0.1, 0.15) is 43.0 Å². The maximum absolute atomic E-state index is 4.45. The highest BCUT2D eigenvalue weighted by Gasteiger charge is 2.29. The summed E-state index contributed by atoms with van der Waals surface area (Å²) in [7, 11) is 0. The molecule has 1 N–H and O–H groups in total. The van der Waals surface area contributed by atoms with Crippen molar-refractivity contribution in [2.24, 2.45) is 0 Å². The molecule has 0 saturated heterocycles. The van der Waals surface area contributed by atoms with E-state index in [0.29, 0.717) is 6.04 Å². The van der Waals surface area contributed by atoms with Gasteiger partial charge in [0.2, 0.25) is 0 Å². The summed E-state index contributed by atoms with van der Waals surface area (Å²) in [6, 6.07) is 0.717. The van der Waals surface area contributed by atoms with Crippen molar-refractivity contribution in [2.45, 2.75) is 51.6 Å². The summed E-state index contributed by atoms with van der Waals surface area (Å²) >= 11 is 1.80. The number of nitrogens with zero attached hydrogens (tertiary/aromatic N) is 1. The molecule has 1 aliphatic rings. The Bertz CT molecular complexity index is 313. The van der Waals surface area contributed by atoms with E-state index in [-0.39, 0.29) is 5.54 Å². The van der Waals surface area contributed by atoms with Crippen LogP contribution < -0.4 is 5.32 Å². The zero-order chi connectivity index (χ0) is 10.2. The van der Waals surface area contributed by atoms with Crippen LogP contribution in [0, 0.1) is 6.92 Å². The van der Waals surface area contributed by atoms with Gasteiger partial charge >= 0.3 is 0 Å². The van der Waals surface area contributed by atoms with Gasteiger partial charge in [-0.25, -0.2) is 4.98 Å². The second-order valence-electron chi connectivity index (χ2n) is 4.67. The Morgan fingerprint density at radius 2 is 2.21 bits per heavy atom. The molecule has 0 aliphatic heterocycles. The second-order valence-corrected chi connectivity index (χ2v) is 5.91. The minimum Gasteiger partial charge on any atom is -0.303 e. The molecule has 0 spiro atoms. The summed E-state index contributed by atoms with van der Waals surface area (Å²) in [5, 5.41) is 4.88. The lowest BCUT2D eigenvalue weighted by Gasteiger charge is -2.35. The molecule has 1 aromatic rings. The van der Waals surface area contributed by atoms with Crippen molar-refractivity contribution in [2.75, 3.05) is 0 Å². The third-order valence-corrected chi connectivity index (χ3v) is 4.06. The fourth-order valence-corrected chi connectivity index (χ4v) is 2.60. The lowest BCUT2D eigenvalue weighted by atomic mass is 9.90. The third kappa shape index (κ3) is 1.98. The average molecular weight is 210 g/mol. The van der Waals surface area contributed by atoms with Crippen LogP contribution in [0.4, 0.5) is 0 Å². The number of nitrogens with one attached hydrogen (secondary N) is 1. The first-order chi connectivity index (χ1) is 6.58. The van der Waals surface area contributed by atoms with Gasteiger partial charge in [0.05, 0.1) is 5.54 Å². The minimum atomic E-state index is 0.0456. The van der Waals surface area contributed by atoms with E-state index >= 15 is 0 Å². The van der Waals surface area contributed by atoms with Crippen molar-refractivity contribution in [3.63, 3.8) is 0 Å². The van der Waals surface area contributed by atoms with E-state index < -0.39 is 0 Å². The van der Waals surface area contributed by atoms with Crippen molar-refractivity contribution in [3.05, 3.63) is 16.1 Å². The molecule has 2 rings (SSSR count). The van der Waals surface area contributed by atoms with Crippen molar-refractivity contribution in [3.8, 4) is 0 Å². The van der Waals surface area contributed by atoms with E-state index in [1.165, 1.54) is 29.1 Å². The Morgan fingerprint density at radius 1 is 1.50 bits per heavy atom. The zero-order valence-electron chi connectivity index (χ0n) is 9.13. The molecule has 2 nitrogen and oxygen atoms in total. The van der Waals surface area contributed by atoms with Crippen LogP contribution in [0.15, 0.2) is 6.20 Å². The van der Waals surface area contributed by atoms with Gasteiger partial charge in [0.15, 0.2) is 0 Å². The van der Waals surface area contributed by atoms with E-state index in [4.69, 9.17) is 0 Å². The van der Waals surface area contributed by atoms with Crippen LogP contribution in [-0.4, -0.2) is 11.0 Å². The molecule has 1 aromatic heterocycles. The lowest BCUT2D eigenvalue weighted by Crippen LogP contribution is -2.46. The molecular weight excluding hydrogens is 192 g/mol. The highest BCUT2D eigenvalue weighted by Crippen LogP contribution is 2.29. The molecule has 1 aliphatic carbocycles. The number of thiazole rings is 1. The summed E-state index contributed by atoms with van der Waals surface area (Å²) < 4.78 is 0. The smallest absolute Gasteiger partial charge is 0.112 e. The molecule has 14 heavy (non-hydrogen) atoms. The molecular formula is C11H18N2S. The van der Waals surface area contributed by atoms with E-state index in [1.54, 1.807) is 11.3 Å². The van der Waals surface area contributed by atoms with Crippen LogP contribution in [0.3, 0.4) is 0 Å². The predicted molar refractivity (Wildman–Crippen MR) is 60.7 cm³/mol. The first-order valence-electron chi connectivity index (χ1n) is 5.28. The highest BCUT2D eigenvalue weighted by atomic mass is 32.1. The Kier molecular flexibility index (Phi) is 2.62. The van der Waals surface area contributed by atoms with Gasteiger partial charge in [-0.2, -0.15) is 0 Å². The summed E-state index contributed by atoms with van der Waals surface area (Å²) in [6.45, 7) is 6.56. The number of hydrogen-bond donors (Lipinski definition) is 1. The van der Waals surface area contributed by atoms with E-state index in [1.807, 2.05) is 6.20 Å². The SMILES string of the molecule is Cc1cnc(C(C)(C)NC2CCC2)s1. The Labute approximate surface area is 89.8 Å². The summed E-state index contributed by atoms with van der Waals surface area (Å²) in [5.74, 6) is 0. The second kappa shape index (κ2) is 3.63. The van der Waals surface area contributed by atoms with Gasteiger partial charge in [-0.05, 0) is 33.6 Å². The zero-order valence-corrected chi connectivity index (χ0v) is 9.95. The molecule has 0 unspecified atom stereocenters. The van der Waals surface area contributed by atoms with Crippen LogP contribution in [0.25, 0.3) is 0 Å².